The van der Waals surface area contributed by atoms with Crippen molar-refractivity contribution < 1.29 is 27.5 Å². The van der Waals surface area contributed by atoms with Gasteiger partial charge in [0.05, 0.1) is 36.7 Å². The van der Waals surface area contributed by atoms with Crippen LogP contribution in [0.4, 0.5) is 18.9 Å². The average Bonchev–Trinajstić information content (AvgIpc) is 3.41. The summed E-state index contributed by atoms with van der Waals surface area (Å²) in [5, 5.41) is 16.0. The number of anilines is 1. The molecule has 1 aliphatic heterocycles. The van der Waals surface area contributed by atoms with Crippen molar-refractivity contribution in [2.45, 2.75) is 44.6 Å². The van der Waals surface area contributed by atoms with Gasteiger partial charge in [0.2, 0.25) is 5.91 Å². The van der Waals surface area contributed by atoms with Crippen LogP contribution < -0.4 is 10.6 Å². The molecule has 204 valence electrons. The van der Waals surface area contributed by atoms with Crippen molar-refractivity contribution in [1.29, 1.82) is 0 Å². The molecule has 5 rings (SSSR count). The van der Waals surface area contributed by atoms with E-state index in [1.165, 1.54) is 11.7 Å². The normalized spacial score (nSPS) is 20.4. The first-order valence-electron chi connectivity index (χ1n) is 12.5. The third-order valence-corrected chi connectivity index (χ3v) is 8.04. The Morgan fingerprint density at radius 3 is 2.66 bits per heavy atom. The van der Waals surface area contributed by atoms with E-state index in [2.05, 4.69) is 37.5 Å². The monoisotopic (exact) mass is 550 g/mol. The number of aromatic nitrogens is 3. The highest BCUT2D eigenvalue weighted by molar-refractivity contribution is 7.14. The lowest BCUT2D eigenvalue weighted by Gasteiger charge is -2.30. The van der Waals surface area contributed by atoms with Crippen molar-refractivity contribution in [3.63, 3.8) is 0 Å². The number of alkyl halides is 3. The standard InChI is InChI=1S/C25H29F3N6O3S/c1-33-8-6-14(7-9-33)30-18-4-3-5-19-17(18)11-20(34(19)13-25(26,27)28)23-32-31-21(38-23)12-29-22(35)15-10-16(15)24(36)37-2/h3-5,11,14-16,30H,6-10,12-13H2,1-2H3,(H,29,35)/t15-,16-/m1/s1. The van der Waals surface area contributed by atoms with E-state index in [9.17, 15) is 22.8 Å². The van der Waals surface area contributed by atoms with Crippen molar-refractivity contribution in [3.8, 4) is 10.7 Å². The Hall–Kier alpha value is -3.19. The smallest absolute Gasteiger partial charge is 0.406 e. The number of hydrogen-bond donors (Lipinski definition) is 2. The Balaban J connectivity index is 1.37. The molecule has 1 aromatic carbocycles. The predicted molar refractivity (Wildman–Crippen MR) is 136 cm³/mol. The summed E-state index contributed by atoms with van der Waals surface area (Å²) >= 11 is 1.13. The Kier molecular flexibility index (Phi) is 7.32. The number of likely N-dealkylation sites (tertiary alicyclic amines) is 1. The summed E-state index contributed by atoms with van der Waals surface area (Å²) in [6, 6.07) is 7.31. The first kappa shape index (κ1) is 26.4. The summed E-state index contributed by atoms with van der Waals surface area (Å²) in [4.78, 5) is 26.2. The fraction of sp³-hybridized carbons (Fsp3) is 0.520. The highest BCUT2D eigenvalue weighted by Crippen LogP contribution is 2.40. The van der Waals surface area contributed by atoms with Crippen LogP contribution in [-0.4, -0.2) is 71.0 Å². The van der Waals surface area contributed by atoms with Crippen molar-refractivity contribution in [3.05, 3.63) is 29.3 Å². The Morgan fingerprint density at radius 2 is 1.95 bits per heavy atom. The first-order valence-corrected chi connectivity index (χ1v) is 13.3. The molecular weight excluding hydrogens is 521 g/mol. The van der Waals surface area contributed by atoms with Gasteiger partial charge in [-0.05, 0) is 57.6 Å². The summed E-state index contributed by atoms with van der Waals surface area (Å²) < 4.78 is 46.7. The van der Waals surface area contributed by atoms with Gasteiger partial charge in [0.1, 0.15) is 11.6 Å². The average molecular weight is 551 g/mol. The molecule has 2 fully saturated rings. The van der Waals surface area contributed by atoms with Crippen LogP contribution in [0, 0.1) is 11.8 Å². The van der Waals surface area contributed by atoms with Crippen LogP contribution >= 0.6 is 11.3 Å². The molecule has 0 unspecified atom stereocenters. The zero-order valence-corrected chi connectivity index (χ0v) is 21.9. The minimum absolute atomic E-state index is 0.0727. The number of esters is 1. The van der Waals surface area contributed by atoms with Gasteiger partial charge in [-0.2, -0.15) is 13.2 Å². The number of carbonyl (C=O) groups is 2. The van der Waals surface area contributed by atoms with Gasteiger partial charge >= 0.3 is 12.1 Å². The second-order valence-corrected chi connectivity index (χ2v) is 10.9. The number of nitrogens with one attached hydrogen (secondary N) is 2. The van der Waals surface area contributed by atoms with Crippen LogP contribution in [0.1, 0.15) is 24.3 Å². The Bertz CT molecular complexity index is 1330. The van der Waals surface area contributed by atoms with Gasteiger partial charge in [-0.1, -0.05) is 17.4 Å². The second kappa shape index (κ2) is 10.5. The number of piperidine rings is 1. The number of halogens is 3. The van der Waals surface area contributed by atoms with E-state index >= 15 is 0 Å². The lowest BCUT2D eigenvalue weighted by molar-refractivity contribution is -0.143. The van der Waals surface area contributed by atoms with Crippen LogP contribution in [0.2, 0.25) is 0 Å². The van der Waals surface area contributed by atoms with E-state index in [1.807, 2.05) is 6.07 Å². The molecule has 0 spiro atoms. The van der Waals surface area contributed by atoms with E-state index in [-0.39, 0.29) is 18.5 Å². The highest BCUT2D eigenvalue weighted by atomic mass is 32.1. The number of fused-ring (bicyclic) bond motifs is 1. The molecule has 3 heterocycles. The number of benzene rings is 1. The van der Waals surface area contributed by atoms with Crippen LogP contribution in [0.25, 0.3) is 21.6 Å². The summed E-state index contributed by atoms with van der Waals surface area (Å²) in [6.45, 7) is 0.833. The summed E-state index contributed by atoms with van der Waals surface area (Å²) in [7, 11) is 3.36. The maximum absolute atomic E-state index is 13.6. The van der Waals surface area contributed by atoms with Gasteiger partial charge in [0, 0.05) is 17.1 Å². The molecule has 0 bridgehead atoms. The number of hydrogen-bond acceptors (Lipinski definition) is 8. The van der Waals surface area contributed by atoms with E-state index in [0.717, 1.165) is 43.0 Å². The van der Waals surface area contributed by atoms with Crippen LogP contribution in [0.5, 0.6) is 0 Å². The fourth-order valence-corrected chi connectivity index (χ4v) is 5.73. The van der Waals surface area contributed by atoms with Gasteiger partial charge in [-0.3, -0.25) is 9.59 Å². The van der Waals surface area contributed by atoms with Gasteiger partial charge < -0.3 is 24.8 Å². The molecule has 2 aromatic heterocycles. The molecule has 2 atom stereocenters. The third kappa shape index (κ3) is 5.78. The largest absolute Gasteiger partial charge is 0.469 e. The molecule has 0 radical (unpaired) electrons. The minimum atomic E-state index is -4.43. The molecule has 1 saturated carbocycles. The highest BCUT2D eigenvalue weighted by Gasteiger charge is 2.48. The minimum Gasteiger partial charge on any atom is -0.469 e. The molecule has 2 aliphatic rings. The Labute approximate surface area is 221 Å². The van der Waals surface area contributed by atoms with E-state index < -0.39 is 30.5 Å². The summed E-state index contributed by atoms with van der Waals surface area (Å²) in [5.41, 5.74) is 1.57. The van der Waals surface area contributed by atoms with E-state index in [4.69, 9.17) is 0 Å². The first-order chi connectivity index (χ1) is 18.1. The second-order valence-electron chi connectivity index (χ2n) is 9.88. The lowest BCUT2D eigenvalue weighted by Crippen LogP contribution is -2.36. The number of methoxy groups -OCH3 is 1. The maximum atomic E-state index is 13.6. The maximum Gasteiger partial charge on any atom is 0.406 e. The van der Waals surface area contributed by atoms with Crippen molar-refractivity contribution in [1.82, 2.24) is 25.0 Å². The van der Waals surface area contributed by atoms with Crippen molar-refractivity contribution >= 4 is 39.8 Å². The predicted octanol–water partition coefficient (Wildman–Crippen LogP) is 3.65. The molecular formula is C25H29F3N6O3S. The SMILES string of the molecule is COC(=O)[C@@H]1C[C@H]1C(=O)NCc1nnc(-c2cc3c(NC4CCN(C)CC4)cccc3n2CC(F)(F)F)s1. The van der Waals surface area contributed by atoms with Crippen LogP contribution in [-0.2, 0) is 27.4 Å². The van der Waals surface area contributed by atoms with E-state index in [0.29, 0.717) is 33.0 Å². The third-order valence-electron chi connectivity index (χ3n) is 7.09. The lowest BCUT2D eigenvalue weighted by atomic mass is 10.0. The number of nitrogens with zero attached hydrogens (tertiary/aromatic N) is 4. The fourth-order valence-electron chi connectivity index (χ4n) is 4.93. The molecule has 13 heteroatoms. The van der Waals surface area contributed by atoms with Gasteiger partial charge in [0.15, 0.2) is 5.01 Å². The quantitative estimate of drug-likeness (QED) is 0.413. The van der Waals surface area contributed by atoms with E-state index in [1.54, 1.807) is 18.2 Å². The Morgan fingerprint density at radius 1 is 1.18 bits per heavy atom. The van der Waals surface area contributed by atoms with Gasteiger partial charge in [-0.15, -0.1) is 10.2 Å². The molecule has 1 aliphatic carbocycles. The van der Waals surface area contributed by atoms with Crippen LogP contribution in [0.3, 0.4) is 0 Å². The summed E-state index contributed by atoms with van der Waals surface area (Å²) in [6.07, 6.45) is -2.09. The molecule has 9 nitrogen and oxygen atoms in total. The number of amides is 1. The molecule has 1 saturated heterocycles. The number of rotatable bonds is 8. The number of carbonyl (C=O) groups excluding carboxylic acids is 2. The number of ether oxygens (including phenoxy) is 1. The van der Waals surface area contributed by atoms with Crippen molar-refractivity contribution in [2.24, 2.45) is 11.8 Å². The van der Waals surface area contributed by atoms with Gasteiger partial charge in [0.25, 0.3) is 0 Å². The molecule has 38 heavy (non-hydrogen) atoms. The molecule has 2 N–H and O–H groups in total. The van der Waals surface area contributed by atoms with Crippen LogP contribution in [0.15, 0.2) is 24.3 Å². The summed E-state index contributed by atoms with van der Waals surface area (Å²) in [5.74, 6) is -1.56. The molecule has 1 amide bonds. The zero-order valence-electron chi connectivity index (χ0n) is 21.0. The van der Waals surface area contributed by atoms with Crippen molar-refractivity contribution in [2.75, 3.05) is 32.6 Å². The zero-order chi connectivity index (χ0) is 27.0. The molecule has 3 aromatic rings. The topological polar surface area (TPSA) is 101 Å². The van der Waals surface area contributed by atoms with Gasteiger partial charge in [-0.25, -0.2) is 0 Å².